The predicted octanol–water partition coefficient (Wildman–Crippen LogP) is 2.82. The number of carbonyl (C=O) groups excluding carboxylic acids is 3. The average Bonchev–Trinajstić information content (AvgIpc) is 3.27. The van der Waals surface area contributed by atoms with Gasteiger partial charge in [-0.15, -0.1) is 0 Å². The zero-order valence-electron chi connectivity index (χ0n) is 18.6. The number of nitrogens with zero attached hydrogens (tertiary/aromatic N) is 2. The van der Waals surface area contributed by atoms with E-state index in [1.807, 2.05) is 73.3 Å². The Morgan fingerprint density at radius 3 is 2.41 bits per heavy atom. The molecule has 2 aromatic rings. The van der Waals surface area contributed by atoms with Crippen LogP contribution in [0.4, 0.5) is 0 Å². The smallest absolute Gasteiger partial charge is 0.244 e. The summed E-state index contributed by atoms with van der Waals surface area (Å²) in [5.41, 5.74) is 2.11. The molecule has 6 heteroatoms. The van der Waals surface area contributed by atoms with Crippen LogP contribution in [0.5, 0.6) is 0 Å². The van der Waals surface area contributed by atoms with Crippen molar-refractivity contribution in [1.82, 2.24) is 15.1 Å². The van der Waals surface area contributed by atoms with Crippen molar-refractivity contribution >= 4 is 17.7 Å². The minimum absolute atomic E-state index is 0.0590. The highest BCUT2D eigenvalue weighted by Crippen LogP contribution is 2.52. The molecule has 0 aromatic heterocycles. The van der Waals surface area contributed by atoms with Crippen LogP contribution in [0.2, 0.25) is 0 Å². The molecule has 166 valence electrons. The first-order valence-corrected chi connectivity index (χ1v) is 11.5. The topological polar surface area (TPSA) is 69.7 Å². The van der Waals surface area contributed by atoms with Gasteiger partial charge >= 0.3 is 0 Å². The summed E-state index contributed by atoms with van der Waals surface area (Å²) in [5, 5.41) is 3.56. The van der Waals surface area contributed by atoms with Crippen molar-refractivity contribution in [2.75, 3.05) is 13.1 Å². The first kappa shape index (κ1) is 20.9. The molecule has 0 aliphatic carbocycles. The summed E-state index contributed by atoms with van der Waals surface area (Å²) in [6.45, 7) is 5.34. The van der Waals surface area contributed by atoms with Crippen LogP contribution in [0, 0.1) is 18.8 Å². The van der Waals surface area contributed by atoms with Crippen molar-refractivity contribution in [1.29, 1.82) is 0 Å². The van der Waals surface area contributed by atoms with Crippen molar-refractivity contribution < 1.29 is 14.4 Å². The molecule has 1 spiro atoms. The van der Waals surface area contributed by atoms with E-state index in [0.29, 0.717) is 26.1 Å². The number of likely N-dealkylation sites (tertiary alicyclic amines) is 2. The zero-order chi connectivity index (χ0) is 22.5. The molecule has 4 atom stereocenters. The van der Waals surface area contributed by atoms with E-state index in [9.17, 15) is 14.4 Å². The van der Waals surface area contributed by atoms with Gasteiger partial charge in [-0.1, -0.05) is 60.2 Å². The number of benzene rings is 2. The van der Waals surface area contributed by atoms with Crippen molar-refractivity contribution in [3.8, 4) is 0 Å². The SMILES string of the molecule is CCN1C(=O)[C@H]2[C@@H](c3ccc(C)cc3)N[C@]3(CCCN(Cc4ccccc4)C3=O)[C@H]2C1=O. The molecular weight excluding hydrogens is 402 g/mol. The summed E-state index contributed by atoms with van der Waals surface area (Å²) in [7, 11) is 0. The lowest BCUT2D eigenvalue weighted by Crippen LogP contribution is -2.63. The monoisotopic (exact) mass is 431 g/mol. The van der Waals surface area contributed by atoms with Gasteiger partial charge in [0.1, 0.15) is 5.54 Å². The number of fused-ring (bicyclic) bond motifs is 2. The minimum Gasteiger partial charge on any atom is -0.337 e. The van der Waals surface area contributed by atoms with E-state index in [1.54, 1.807) is 0 Å². The Hall–Kier alpha value is -2.99. The van der Waals surface area contributed by atoms with Gasteiger partial charge in [-0.2, -0.15) is 0 Å². The van der Waals surface area contributed by atoms with E-state index in [0.717, 1.165) is 23.1 Å². The molecule has 0 bridgehead atoms. The number of rotatable bonds is 4. The number of carbonyl (C=O) groups is 3. The maximum absolute atomic E-state index is 14.0. The van der Waals surface area contributed by atoms with E-state index in [4.69, 9.17) is 0 Å². The standard InChI is InChI=1S/C26H29N3O3/c1-3-29-23(30)20-21(24(29)31)26(27-22(20)19-12-10-17(2)11-13-19)14-7-15-28(25(26)32)16-18-8-5-4-6-9-18/h4-6,8-13,20-22,27H,3,7,14-16H2,1-2H3/t20-,21-,22-,26-/m1/s1. The quantitative estimate of drug-likeness (QED) is 0.756. The number of amides is 3. The predicted molar refractivity (Wildman–Crippen MR) is 120 cm³/mol. The number of aryl methyl sites for hydroxylation is 1. The average molecular weight is 432 g/mol. The number of piperidine rings is 1. The Labute approximate surface area is 188 Å². The lowest BCUT2D eigenvalue weighted by atomic mass is 9.74. The maximum atomic E-state index is 14.0. The first-order valence-electron chi connectivity index (χ1n) is 11.5. The van der Waals surface area contributed by atoms with E-state index >= 15 is 0 Å². The van der Waals surface area contributed by atoms with Gasteiger partial charge in [0.15, 0.2) is 0 Å². The second-order valence-electron chi connectivity index (χ2n) is 9.24. The van der Waals surface area contributed by atoms with Crippen LogP contribution < -0.4 is 5.32 Å². The molecule has 3 amide bonds. The molecule has 0 radical (unpaired) electrons. The van der Waals surface area contributed by atoms with Crippen LogP contribution in [0.1, 0.15) is 42.5 Å². The summed E-state index contributed by atoms with van der Waals surface area (Å²) < 4.78 is 0. The van der Waals surface area contributed by atoms with Crippen molar-refractivity contribution in [3.05, 3.63) is 71.3 Å². The van der Waals surface area contributed by atoms with E-state index in [1.165, 1.54) is 4.90 Å². The van der Waals surface area contributed by atoms with Crippen LogP contribution >= 0.6 is 0 Å². The molecule has 3 heterocycles. The van der Waals surface area contributed by atoms with E-state index in [2.05, 4.69) is 5.32 Å². The minimum atomic E-state index is -1.04. The van der Waals surface area contributed by atoms with Gasteiger partial charge < -0.3 is 4.90 Å². The molecule has 3 aliphatic heterocycles. The van der Waals surface area contributed by atoms with Gasteiger partial charge in [0.25, 0.3) is 0 Å². The van der Waals surface area contributed by atoms with Crippen molar-refractivity contribution in [3.63, 3.8) is 0 Å². The molecule has 6 nitrogen and oxygen atoms in total. The Bertz CT molecular complexity index is 1050. The van der Waals surface area contributed by atoms with Gasteiger partial charge in [0.2, 0.25) is 17.7 Å². The third kappa shape index (κ3) is 3.08. The molecule has 32 heavy (non-hydrogen) atoms. The number of hydrogen-bond acceptors (Lipinski definition) is 4. The largest absolute Gasteiger partial charge is 0.337 e. The van der Waals surface area contributed by atoms with Gasteiger partial charge in [0, 0.05) is 25.7 Å². The molecular formula is C26H29N3O3. The van der Waals surface area contributed by atoms with Crippen molar-refractivity contribution in [2.24, 2.45) is 11.8 Å². The summed E-state index contributed by atoms with van der Waals surface area (Å²) in [4.78, 5) is 43.9. The highest BCUT2D eigenvalue weighted by atomic mass is 16.2. The third-order valence-electron chi connectivity index (χ3n) is 7.38. The summed E-state index contributed by atoms with van der Waals surface area (Å²) in [6, 6.07) is 17.6. The molecule has 3 aliphatic rings. The molecule has 3 saturated heterocycles. The van der Waals surface area contributed by atoms with Gasteiger partial charge in [-0.25, -0.2) is 0 Å². The number of nitrogens with one attached hydrogen (secondary N) is 1. The maximum Gasteiger partial charge on any atom is 0.244 e. The Balaban J connectivity index is 1.54. The molecule has 2 aromatic carbocycles. The van der Waals surface area contributed by atoms with Crippen LogP contribution in [0.25, 0.3) is 0 Å². The molecule has 0 unspecified atom stereocenters. The second-order valence-corrected chi connectivity index (χ2v) is 9.24. The Kier molecular flexibility index (Phi) is 5.13. The Morgan fingerprint density at radius 2 is 1.72 bits per heavy atom. The molecule has 0 saturated carbocycles. The van der Waals surface area contributed by atoms with Gasteiger partial charge in [-0.3, -0.25) is 24.6 Å². The van der Waals surface area contributed by atoms with Crippen LogP contribution in [-0.4, -0.2) is 46.1 Å². The van der Waals surface area contributed by atoms with Gasteiger partial charge in [-0.05, 0) is 37.8 Å². The normalized spacial score (nSPS) is 29.8. The van der Waals surface area contributed by atoms with Crippen molar-refractivity contribution in [2.45, 2.75) is 44.8 Å². The second kappa shape index (κ2) is 7.85. The number of hydrogen-bond donors (Lipinski definition) is 1. The molecule has 1 N–H and O–H groups in total. The zero-order valence-corrected chi connectivity index (χ0v) is 18.6. The van der Waals surface area contributed by atoms with E-state index in [-0.39, 0.29) is 23.8 Å². The fraction of sp³-hybridized carbons (Fsp3) is 0.423. The Morgan fingerprint density at radius 1 is 1.00 bits per heavy atom. The third-order valence-corrected chi connectivity index (χ3v) is 7.38. The molecule has 3 fully saturated rings. The summed E-state index contributed by atoms with van der Waals surface area (Å²) in [5.74, 6) is -1.64. The molecule has 5 rings (SSSR count). The summed E-state index contributed by atoms with van der Waals surface area (Å²) >= 11 is 0. The first-order chi connectivity index (χ1) is 15.5. The fourth-order valence-corrected chi connectivity index (χ4v) is 5.85. The lowest BCUT2D eigenvalue weighted by Gasteiger charge is -2.42. The van der Waals surface area contributed by atoms with Crippen LogP contribution in [-0.2, 0) is 20.9 Å². The van der Waals surface area contributed by atoms with E-state index < -0.39 is 17.4 Å². The fourth-order valence-electron chi connectivity index (χ4n) is 5.85. The lowest BCUT2D eigenvalue weighted by molar-refractivity contribution is -0.150. The summed E-state index contributed by atoms with van der Waals surface area (Å²) in [6.07, 6.45) is 1.36. The highest BCUT2D eigenvalue weighted by molar-refractivity contribution is 6.10. The highest BCUT2D eigenvalue weighted by Gasteiger charge is 2.68. The van der Waals surface area contributed by atoms with Gasteiger partial charge in [0.05, 0.1) is 11.8 Å². The number of imide groups is 1. The van der Waals surface area contributed by atoms with Crippen LogP contribution in [0.15, 0.2) is 54.6 Å². The van der Waals surface area contributed by atoms with Crippen LogP contribution in [0.3, 0.4) is 0 Å².